The minimum Gasteiger partial charge on any atom is -0.339 e. The first kappa shape index (κ1) is 23.4. The van der Waals surface area contributed by atoms with Gasteiger partial charge in [-0.2, -0.15) is 17.5 Å². The van der Waals surface area contributed by atoms with Gasteiger partial charge >= 0.3 is 12.2 Å². The maximum atomic E-state index is 13.3. The van der Waals surface area contributed by atoms with Crippen LogP contribution in [0.25, 0.3) is 0 Å². The third-order valence-electron chi connectivity index (χ3n) is 6.44. The highest BCUT2D eigenvalue weighted by Crippen LogP contribution is 2.38. The lowest BCUT2D eigenvalue weighted by Gasteiger charge is -2.36. The second kappa shape index (κ2) is 8.38. The number of halogens is 3. The number of hydrogen-bond acceptors (Lipinski definition) is 4. The quantitative estimate of drug-likeness (QED) is 0.587. The van der Waals surface area contributed by atoms with Crippen LogP contribution in [-0.2, 0) is 29.8 Å². The van der Waals surface area contributed by atoms with E-state index in [4.69, 9.17) is 0 Å². The van der Waals surface area contributed by atoms with Crippen molar-refractivity contribution in [2.24, 2.45) is 7.05 Å². The largest absolute Gasteiger partial charge is 0.416 e. The van der Waals surface area contributed by atoms with Crippen molar-refractivity contribution in [3.63, 3.8) is 0 Å². The van der Waals surface area contributed by atoms with Crippen molar-refractivity contribution in [2.45, 2.75) is 29.7 Å². The highest BCUT2D eigenvalue weighted by atomic mass is 32.2. The number of benzene rings is 2. The monoisotopic (exact) mass is 505 g/mol. The topological polar surface area (TPSA) is 87.5 Å². The van der Waals surface area contributed by atoms with Gasteiger partial charge in [0.1, 0.15) is 0 Å². The van der Waals surface area contributed by atoms with Crippen LogP contribution in [0.1, 0.15) is 22.6 Å². The Labute approximate surface area is 200 Å². The summed E-state index contributed by atoms with van der Waals surface area (Å²) in [5.74, 6) is -0.382. The molecule has 35 heavy (non-hydrogen) atoms. The zero-order valence-corrected chi connectivity index (χ0v) is 19.4. The SMILES string of the molecule is Cn1cnc(S(=O)(=O)N2CC(c3ccccc3)C(N3Cc4cc(C(F)(F)F)ccc4NC3=O)C2)c1. The lowest BCUT2D eigenvalue weighted by molar-refractivity contribution is -0.137. The predicted octanol–water partition coefficient (Wildman–Crippen LogP) is 3.64. The number of aryl methyl sites for hydroxylation is 1. The van der Waals surface area contributed by atoms with Crippen molar-refractivity contribution in [1.82, 2.24) is 18.8 Å². The molecule has 2 unspecified atom stereocenters. The van der Waals surface area contributed by atoms with Gasteiger partial charge in [0.25, 0.3) is 10.0 Å². The van der Waals surface area contributed by atoms with E-state index in [0.29, 0.717) is 11.3 Å². The minimum absolute atomic E-state index is 0.0137. The van der Waals surface area contributed by atoms with Gasteiger partial charge in [-0.1, -0.05) is 30.3 Å². The molecule has 2 aliphatic heterocycles. The van der Waals surface area contributed by atoms with Crippen LogP contribution < -0.4 is 5.32 Å². The molecule has 12 heteroatoms. The summed E-state index contributed by atoms with van der Waals surface area (Å²) in [5.41, 5.74) is 0.653. The molecule has 0 radical (unpaired) electrons. The predicted molar refractivity (Wildman–Crippen MR) is 121 cm³/mol. The van der Waals surface area contributed by atoms with Gasteiger partial charge in [-0.25, -0.2) is 18.2 Å². The summed E-state index contributed by atoms with van der Waals surface area (Å²) < 4.78 is 69.2. The molecule has 2 atom stereocenters. The van der Waals surface area contributed by atoms with E-state index in [-0.39, 0.29) is 30.6 Å². The van der Waals surface area contributed by atoms with Gasteiger partial charge in [0.15, 0.2) is 5.03 Å². The molecular weight excluding hydrogens is 483 g/mol. The van der Waals surface area contributed by atoms with Gasteiger partial charge in [-0.05, 0) is 29.3 Å². The molecule has 3 heterocycles. The summed E-state index contributed by atoms with van der Waals surface area (Å²) in [4.78, 5) is 18.4. The zero-order chi connectivity index (χ0) is 25.0. The van der Waals surface area contributed by atoms with Crippen molar-refractivity contribution in [1.29, 1.82) is 0 Å². The standard InChI is InChI=1S/C23H22F3N5O3S/c1-29-13-21(27-14-29)35(33,34)30-11-18(15-5-3-2-4-6-15)20(12-30)31-10-16-9-17(23(24,25)26)7-8-19(16)28-22(31)32/h2-9,13-14,18,20H,10-12H2,1H3,(H,28,32). The zero-order valence-electron chi connectivity index (χ0n) is 18.6. The fraction of sp³-hybridized carbons (Fsp3) is 0.304. The summed E-state index contributed by atoms with van der Waals surface area (Å²) in [6.45, 7) is 0.0174. The number of nitrogens with zero attached hydrogens (tertiary/aromatic N) is 4. The van der Waals surface area contributed by atoms with E-state index < -0.39 is 33.8 Å². The maximum absolute atomic E-state index is 13.3. The van der Waals surface area contributed by atoms with E-state index in [9.17, 15) is 26.4 Å². The van der Waals surface area contributed by atoms with Crippen LogP contribution in [0, 0.1) is 0 Å². The molecular formula is C23H22F3N5O3S. The molecule has 5 rings (SSSR count). The summed E-state index contributed by atoms with van der Waals surface area (Å²) in [6.07, 6.45) is -1.72. The van der Waals surface area contributed by atoms with Gasteiger partial charge in [-0.3, -0.25) is 0 Å². The molecule has 0 saturated carbocycles. The van der Waals surface area contributed by atoms with Crippen molar-refractivity contribution in [3.05, 3.63) is 77.7 Å². The number of carbonyl (C=O) groups is 1. The van der Waals surface area contributed by atoms with E-state index in [1.807, 2.05) is 30.3 Å². The number of hydrogen-bond donors (Lipinski definition) is 1. The number of nitrogens with one attached hydrogen (secondary N) is 1. The van der Waals surface area contributed by atoms with Gasteiger partial charge < -0.3 is 14.8 Å². The fourth-order valence-electron chi connectivity index (χ4n) is 4.68. The number of imidazole rings is 1. The molecule has 0 bridgehead atoms. The Morgan fingerprint density at radius 3 is 2.49 bits per heavy atom. The fourth-order valence-corrected chi connectivity index (χ4v) is 6.13. The first-order chi connectivity index (χ1) is 16.5. The summed E-state index contributed by atoms with van der Waals surface area (Å²) >= 11 is 0. The van der Waals surface area contributed by atoms with Gasteiger partial charge in [0.2, 0.25) is 0 Å². The van der Waals surface area contributed by atoms with Crippen LogP contribution in [0.2, 0.25) is 0 Å². The van der Waals surface area contributed by atoms with Crippen molar-refractivity contribution in [2.75, 3.05) is 18.4 Å². The van der Waals surface area contributed by atoms with E-state index in [1.54, 1.807) is 7.05 Å². The molecule has 1 aromatic heterocycles. The van der Waals surface area contributed by atoms with Crippen LogP contribution in [0.5, 0.6) is 0 Å². The molecule has 3 aromatic rings. The van der Waals surface area contributed by atoms with E-state index in [2.05, 4.69) is 10.3 Å². The first-order valence-corrected chi connectivity index (χ1v) is 12.3. The first-order valence-electron chi connectivity index (χ1n) is 10.8. The molecule has 1 saturated heterocycles. The smallest absolute Gasteiger partial charge is 0.339 e. The lowest BCUT2D eigenvalue weighted by atomic mass is 9.92. The van der Waals surface area contributed by atoms with E-state index in [1.165, 1.54) is 32.4 Å². The maximum Gasteiger partial charge on any atom is 0.416 e. The van der Waals surface area contributed by atoms with Gasteiger partial charge in [0.05, 0.1) is 17.9 Å². The Hall–Kier alpha value is -3.38. The number of aromatic nitrogens is 2. The van der Waals surface area contributed by atoms with Crippen molar-refractivity contribution < 1.29 is 26.4 Å². The molecule has 0 spiro atoms. The molecule has 2 amide bonds. The Balaban J connectivity index is 1.51. The van der Waals surface area contributed by atoms with Crippen LogP contribution >= 0.6 is 0 Å². The number of amides is 2. The molecule has 1 N–H and O–H groups in total. The number of anilines is 1. The number of urea groups is 1. The minimum atomic E-state index is -4.52. The van der Waals surface area contributed by atoms with Crippen molar-refractivity contribution >= 4 is 21.7 Å². The molecule has 184 valence electrons. The summed E-state index contributed by atoms with van der Waals surface area (Å²) in [5, 5.41) is 2.56. The van der Waals surface area contributed by atoms with Crippen molar-refractivity contribution in [3.8, 4) is 0 Å². The van der Waals surface area contributed by atoms with Crippen LogP contribution in [0.4, 0.5) is 23.7 Å². The molecule has 8 nitrogen and oxygen atoms in total. The van der Waals surface area contributed by atoms with E-state index >= 15 is 0 Å². The number of alkyl halides is 3. The number of carbonyl (C=O) groups excluding carboxylic acids is 1. The average molecular weight is 506 g/mol. The Morgan fingerprint density at radius 1 is 1.09 bits per heavy atom. The molecule has 0 aliphatic carbocycles. The highest BCUT2D eigenvalue weighted by Gasteiger charge is 2.46. The van der Waals surface area contributed by atoms with Gasteiger partial charge in [0, 0.05) is 44.5 Å². The number of rotatable bonds is 4. The molecule has 2 aromatic carbocycles. The molecule has 2 aliphatic rings. The third kappa shape index (κ3) is 4.27. The molecule has 1 fully saturated rings. The van der Waals surface area contributed by atoms with Crippen LogP contribution in [-0.4, -0.2) is 52.3 Å². The average Bonchev–Trinajstić information content (AvgIpc) is 3.46. The van der Waals surface area contributed by atoms with Crippen LogP contribution in [0.15, 0.2) is 66.1 Å². The lowest BCUT2D eigenvalue weighted by Crippen LogP contribution is -2.48. The van der Waals surface area contributed by atoms with Gasteiger partial charge in [-0.15, -0.1) is 0 Å². The normalized spacial score (nSPS) is 21.1. The Kier molecular flexibility index (Phi) is 5.59. The van der Waals surface area contributed by atoms with E-state index in [0.717, 1.165) is 17.7 Å². The number of fused-ring (bicyclic) bond motifs is 1. The summed E-state index contributed by atoms with van der Waals surface area (Å²) in [6, 6.07) is 11.3. The third-order valence-corrected chi connectivity index (χ3v) is 8.16. The Morgan fingerprint density at radius 2 is 1.83 bits per heavy atom. The second-order valence-electron chi connectivity index (χ2n) is 8.71. The summed E-state index contributed by atoms with van der Waals surface area (Å²) in [7, 11) is -2.28. The highest BCUT2D eigenvalue weighted by molar-refractivity contribution is 7.89. The van der Waals surface area contributed by atoms with Crippen LogP contribution in [0.3, 0.4) is 0 Å². The second-order valence-corrected chi connectivity index (χ2v) is 10.6. The number of sulfonamides is 1. The Bertz CT molecular complexity index is 1370.